The van der Waals surface area contributed by atoms with Gasteiger partial charge in [0.15, 0.2) is 0 Å². The molecule has 0 fully saturated rings. The van der Waals surface area contributed by atoms with Gasteiger partial charge in [0.2, 0.25) is 5.91 Å². The zero-order valence-electron chi connectivity index (χ0n) is 11.9. The minimum Gasteiger partial charge on any atom is -0.480 e. The Morgan fingerprint density at radius 1 is 1.50 bits per heavy atom. The monoisotopic (exact) mass is 300 g/mol. The average molecular weight is 300 g/mol. The Labute approximate surface area is 121 Å². The van der Waals surface area contributed by atoms with Crippen molar-refractivity contribution in [1.82, 2.24) is 9.88 Å². The van der Waals surface area contributed by atoms with Crippen molar-refractivity contribution in [2.75, 3.05) is 0 Å². The molecule has 7 heteroatoms. The standard InChI is InChI=1S/C13H20N2O4S/c1-4-8(2)11(12(17)18)14-10(16)5-6-15-9(3)7-20-13(15)19/h7-8,11H,4-6H2,1-3H3,(H,14,16)(H,17,18)/t8-,11-/m0/s1. The van der Waals surface area contributed by atoms with Crippen LogP contribution in [0.2, 0.25) is 0 Å². The van der Waals surface area contributed by atoms with E-state index in [0.717, 1.165) is 17.0 Å². The maximum absolute atomic E-state index is 11.8. The summed E-state index contributed by atoms with van der Waals surface area (Å²) in [5.74, 6) is -1.52. The van der Waals surface area contributed by atoms with Gasteiger partial charge in [-0.25, -0.2) is 4.79 Å². The average Bonchev–Trinajstić information content (AvgIpc) is 2.72. The second kappa shape index (κ2) is 7.23. The zero-order chi connectivity index (χ0) is 15.3. The topological polar surface area (TPSA) is 88.4 Å². The third-order valence-electron chi connectivity index (χ3n) is 3.33. The molecular weight excluding hydrogens is 280 g/mol. The van der Waals surface area contributed by atoms with Crippen molar-refractivity contribution in [1.29, 1.82) is 0 Å². The van der Waals surface area contributed by atoms with Crippen LogP contribution in [0.3, 0.4) is 0 Å². The molecule has 20 heavy (non-hydrogen) atoms. The van der Waals surface area contributed by atoms with E-state index in [2.05, 4.69) is 5.32 Å². The van der Waals surface area contributed by atoms with Gasteiger partial charge in [-0.15, -0.1) is 0 Å². The van der Waals surface area contributed by atoms with Gasteiger partial charge in [0.1, 0.15) is 6.04 Å². The maximum atomic E-state index is 11.8. The van der Waals surface area contributed by atoms with Gasteiger partial charge in [0.05, 0.1) is 0 Å². The first-order chi connectivity index (χ1) is 9.36. The molecular formula is C13H20N2O4S. The molecule has 112 valence electrons. The van der Waals surface area contributed by atoms with E-state index in [1.807, 2.05) is 6.92 Å². The fourth-order valence-corrected chi connectivity index (χ4v) is 2.58. The zero-order valence-corrected chi connectivity index (χ0v) is 12.7. The van der Waals surface area contributed by atoms with Gasteiger partial charge in [-0.3, -0.25) is 9.59 Å². The summed E-state index contributed by atoms with van der Waals surface area (Å²) in [6.07, 6.45) is 0.762. The number of aromatic nitrogens is 1. The number of carboxylic acids is 1. The van der Waals surface area contributed by atoms with Crippen LogP contribution in [0, 0.1) is 12.8 Å². The van der Waals surface area contributed by atoms with E-state index in [-0.39, 0.29) is 29.7 Å². The molecule has 0 aliphatic carbocycles. The summed E-state index contributed by atoms with van der Waals surface area (Å²) in [6, 6.07) is -0.882. The predicted molar refractivity (Wildman–Crippen MR) is 77.0 cm³/mol. The number of carbonyl (C=O) groups excluding carboxylic acids is 1. The van der Waals surface area contributed by atoms with Crippen LogP contribution in [-0.2, 0) is 16.1 Å². The van der Waals surface area contributed by atoms with Crippen molar-refractivity contribution in [2.24, 2.45) is 5.92 Å². The first-order valence-corrected chi connectivity index (χ1v) is 7.41. The molecule has 1 rings (SSSR count). The number of amides is 1. The van der Waals surface area contributed by atoms with Crippen molar-refractivity contribution in [2.45, 2.75) is 46.2 Å². The summed E-state index contributed by atoms with van der Waals surface area (Å²) in [6.45, 7) is 5.73. The van der Waals surface area contributed by atoms with E-state index >= 15 is 0 Å². The summed E-state index contributed by atoms with van der Waals surface area (Å²) >= 11 is 1.09. The number of carboxylic acid groups (broad SMARTS) is 1. The number of hydrogen-bond acceptors (Lipinski definition) is 4. The van der Waals surface area contributed by atoms with E-state index in [9.17, 15) is 14.4 Å². The number of aryl methyl sites for hydroxylation is 1. The van der Waals surface area contributed by atoms with Gasteiger partial charge in [-0.2, -0.15) is 0 Å². The van der Waals surface area contributed by atoms with Crippen LogP contribution >= 0.6 is 11.3 Å². The molecule has 2 N–H and O–H groups in total. The highest BCUT2D eigenvalue weighted by atomic mass is 32.1. The summed E-state index contributed by atoms with van der Waals surface area (Å²) in [7, 11) is 0. The van der Waals surface area contributed by atoms with Crippen molar-refractivity contribution in [3.63, 3.8) is 0 Å². The van der Waals surface area contributed by atoms with Crippen molar-refractivity contribution in [3.05, 3.63) is 20.7 Å². The lowest BCUT2D eigenvalue weighted by Crippen LogP contribution is -2.45. The Morgan fingerprint density at radius 2 is 2.15 bits per heavy atom. The number of carbonyl (C=O) groups is 2. The summed E-state index contributed by atoms with van der Waals surface area (Å²) < 4.78 is 1.52. The molecule has 0 bridgehead atoms. The minimum absolute atomic E-state index is 0.0949. The van der Waals surface area contributed by atoms with Crippen LogP contribution in [0.1, 0.15) is 32.4 Å². The second-order valence-electron chi connectivity index (χ2n) is 4.81. The van der Waals surface area contributed by atoms with Crippen LogP contribution in [0.25, 0.3) is 0 Å². The van der Waals surface area contributed by atoms with E-state index < -0.39 is 12.0 Å². The predicted octanol–water partition coefficient (Wildman–Crippen LogP) is 1.22. The molecule has 1 amide bonds. The van der Waals surface area contributed by atoms with E-state index in [4.69, 9.17) is 5.11 Å². The lowest BCUT2D eigenvalue weighted by Gasteiger charge is -2.20. The molecule has 0 aliphatic heterocycles. The van der Waals surface area contributed by atoms with Gasteiger partial charge >= 0.3 is 10.8 Å². The smallest absolute Gasteiger partial charge is 0.326 e. The van der Waals surface area contributed by atoms with Crippen molar-refractivity contribution >= 4 is 23.2 Å². The largest absolute Gasteiger partial charge is 0.480 e. The highest BCUT2D eigenvalue weighted by Gasteiger charge is 2.25. The highest BCUT2D eigenvalue weighted by molar-refractivity contribution is 7.07. The maximum Gasteiger partial charge on any atom is 0.326 e. The molecule has 2 atom stereocenters. The van der Waals surface area contributed by atoms with Crippen LogP contribution < -0.4 is 10.2 Å². The highest BCUT2D eigenvalue weighted by Crippen LogP contribution is 2.08. The fourth-order valence-electron chi connectivity index (χ4n) is 1.82. The molecule has 0 spiro atoms. The Balaban J connectivity index is 2.59. The molecule has 0 aliphatic rings. The normalized spacial score (nSPS) is 13.8. The Hall–Kier alpha value is -1.63. The van der Waals surface area contributed by atoms with E-state index in [0.29, 0.717) is 6.42 Å². The van der Waals surface area contributed by atoms with Crippen LogP contribution in [0.5, 0.6) is 0 Å². The number of aliphatic carboxylic acids is 1. The third kappa shape index (κ3) is 4.19. The lowest BCUT2D eigenvalue weighted by molar-refractivity contribution is -0.143. The molecule has 0 saturated heterocycles. The number of rotatable bonds is 7. The Bertz CT molecular complexity index is 535. The van der Waals surface area contributed by atoms with Crippen molar-refractivity contribution < 1.29 is 14.7 Å². The van der Waals surface area contributed by atoms with Gasteiger partial charge in [-0.05, 0) is 12.8 Å². The quantitative estimate of drug-likeness (QED) is 0.792. The van der Waals surface area contributed by atoms with Crippen LogP contribution in [0.4, 0.5) is 0 Å². The van der Waals surface area contributed by atoms with Gasteiger partial charge in [0, 0.05) is 24.0 Å². The van der Waals surface area contributed by atoms with Crippen molar-refractivity contribution in [3.8, 4) is 0 Å². The number of nitrogens with one attached hydrogen (secondary N) is 1. The van der Waals surface area contributed by atoms with E-state index in [1.165, 1.54) is 4.57 Å². The molecule has 6 nitrogen and oxygen atoms in total. The third-order valence-corrected chi connectivity index (χ3v) is 4.22. The van der Waals surface area contributed by atoms with Crippen LogP contribution in [0.15, 0.2) is 10.2 Å². The molecule has 0 saturated carbocycles. The number of thiazole rings is 1. The molecule has 0 radical (unpaired) electrons. The second-order valence-corrected chi connectivity index (χ2v) is 5.63. The van der Waals surface area contributed by atoms with Gasteiger partial charge in [-0.1, -0.05) is 31.6 Å². The lowest BCUT2D eigenvalue weighted by atomic mass is 9.99. The summed E-state index contributed by atoms with van der Waals surface area (Å²) in [5, 5.41) is 13.3. The summed E-state index contributed by atoms with van der Waals surface area (Å²) in [4.78, 5) is 34.3. The van der Waals surface area contributed by atoms with Gasteiger partial charge in [0.25, 0.3) is 0 Å². The van der Waals surface area contributed by atoms with Gasteiger partial charge < -0.3 is 15.0 Å². The molecule has 1 aromatic heterocycles. The minimum atomic E-state index is -1.03. The van der Waals surface area contributed by atoms with E-state index in [1.54, 1.807) is 19.2 Å². The Kier molecular flexibility index (Phi) is 5.94. The van der Waals surface area contributed by atoms with Crippen LogP contribution in [-0.4, -0.2) is 27.6 Å². The molecule has 1 aromatic rings. The molecule has 1 heterocycles. The Morgan fingerprint density at radius 3 is 2.60 bits per heavy atom. The number of hydrogen-bond donors (Lipinski definition) is 2. The fraction of sp³-hybridized carbons (Fsp3) is 0.615. The molecule has 0 unspecified atom stereocenters. The first kappa shape index (κ1) is 16.4. The number of nitrogens with zero attached hydrogens (tertiary/aromatic N) is 1. The first-order valence-electron chi connectivity index (χ1n) is 6.53. The molecule has 0 aromatic carbocycles. The SMILES string of the molecule is CC[C@H](C)[C@H](NC(=O)CCn1c(C)csc1=O)C(=O)O. The summed E-state index contributed by atoms with van der Waals surface area (Å²) in [5.41, 5.74) is 0.810.